The second-order valence-electron chi connectivity index (χ2n) is 2.69. The topological polar surface area (TPSA) is 59.2 Å². The fraction of sp³-hybridized carbons (Fsp3) is 0.333. The first-order chi connectivity index (χ1) is 7.06. The third-order valence-electron chi connectivity index (χ3n) is 1.67. The second kappa shape index (κ2) is 4.68. The molecule has 1 aromatic heterocycles. The fourth-order valence-corrected chi connectivity index (χ4v) is 0.982. The van der Waals surface area contributed by atoms with E-state index in [2.05, 4.69) is 9.72 Å². The summed E-state index contributed by atoms with van der Waals surface area (Å²) in [6.45, 7) is 1.70. The summed E-state index contributed by atoms with van der Waals surface area (Å²) in [5.74, 6) is -0.820. The second-order valence-corrected chi connectivity index (χ2v) is 2.69. The predicted molar refractivity (Wildman–Crippen MR) is 48.0 cm³/mol. The number of aromatic amines is 1. The van der Waals surface area contributed by atoms with E-state index in [1.54, 1.807) is 6.92 Å². The first-order valence-electron chi connectivity index (χ1n) is 4.24. The third-order valence-corrected chi connectivity index (χ3v) is 1.67. The van der Waals surface area contributed by atoms with Crippen LogP contribution < -0.4 is 5.43 Å². The van der Waals surface area contributed by atoms with Gasteiger partial charge in [0.1, 0.15) is 5.56 Å². The molecule has 0 saturated carbocycles. The van der Waals surface area contributed by atoms with Crippen molar-refractivity contribution in [2.75, 3.05) is 6.61 Å². The van der Waals surface area contributed by atoms with Crippen LogP contribution in [0.3, 0.4) is 0 Å². The molecule has 0 aliphatic heterocycles. The first-order valence-corrected chi connectivity index (χ1v) is 4.24. The van der Waals surface area contributed by atoms with Gasteiger partial charge in [-0.25, -0.2) is 13.6 Å². The lowest BCUT2D eigenvalue weighted by molar-refractivity contribution is 0.0523. The molecule has 0 fully saturated rings. The normalized spacial score (nSPS) is 10.4. The van der Waals surface area contributed by atoms with E-state index in [1.165, 1.54) is 0 Å². The maximum Gasteiger partial charge on any atom is 0.343 e. The van der Waals surface area contributed by atoms with Crippen LogP contribution in [0.2, 0.25) is 0 Å². The molecular formula is C9H9F2NO3. The smallest absolute Gasteiger partial charge is 0.343 e. The van der Waals surface area contributed by atoms with Crippen molar-refractivity contribution in [3.05, 3.63) is 33.7 Å². The summed E-state index contributed by atoms with van der Waals surface area (Å²) in [5.41, 5.74) is -1.57. The van der Waals surface area contributed by atoms with E-state index < -0.39 is 23.5 Å². The number of aromatic nitrogens is 1. The number of esters is 1. The number of alkyl halides is 2. The Morgan fingerprint density at radius 2 is 2.27 bits per heavy atom. The summed E-state index contributed by atoms with van der Waals surface area (Å²) in [5, 5.41) is 0. The van der Waals surface area contributed by atoms with Gasteiger partial charge < -0.3 is 9.72 Å². The molecule has 0 aliphatic rings. The Bertz CT molecular complexity index is 414. The molecule has 0 unspecified atom stereocenters. The molecule has 0 saturated heterocycles. The van der Waals surface area contributed by atoms with Crippen molar-refractivity contribution in [1.82, 2.24) is 4.98 Å². The van der Waals surface area contributed by atoms with Gasteiger partial charge in [0.05, 0.1) is 12.3 Å². The Morgan fingerprint density at radius 3 is 2.73 bits per heavy atom. The predicted octanol–water partition coefficient (Wildman–Crippen LogP) is 1.49. The Labute approximate surface area is 83.9 Å². The summed E-state index contributed by atoms with van der Waals surface area (Å²) in [7, 11) is 0. The molecule has 0 spiro atoms. The van der Waals surface area contributed by atoms with Gasteiger partial charge >= 0.3 is 5.97 Å². The average molecular weight is 217 g/mol. The Balaban J connectivity index is 3.03. The number of nitrogens with one attached hydrogen (secondary N) is 1. The molecule has 0 radical (unpaired) electrons. The van der Waals surface area contributed by atoms with Gasteiger partial charge in [0, 0.05) is 12.3 Å². The van der Waals surface area contributed by atoms with Crippen molar-refractivity contribution in [3.63, 3.8) is 0 Å². The van der Waals surface area contributed by atoms with E-state index in [-0.39, 0.29) is 12.2 Å². The Morgan fingerprint density at radius 1 is 1.60 bits per heavy atom. The van der Waals surface area contributed by atoms with E-state index in [9.17, 15) is 18.4 Å². The number of hydrogen-bond acceptors (Lipinski definition) is 3. The maximum absolute atomic E-state index is 12.1. The van der Waals surface area contributed by atoms with Crippen LogP contribution in [-0.2, 0) is 4.74 Å². The number of halogens is 2. The zero-order valence-corrected chi connectivity index (χ0v) is 7.92. The van der Waals surface area contributed by atoms with Gasteiger partial charge in [-0.2, -0.15) is 0 Å². The van der Waals surface area contributed by atoms with Crippen molar-refractivity contribution in [2.24, 2.45) is 0 Å². The standard InChI is InChI=1S/C9H9F2NO3/c1-2-15-9(14)5-4-12-6(8(10)11)3-7(5)13/h3-4,8H,2H2,1H3,(H,12,13). The lowest BCUT2D eigenvalue weighted by atomic mass is 10.2. The molecule has 1 N–H and O–H groups in total. The van der Waals surface area contributed by atoms with Gasteiger partial charge in [-0.15, -0.1) is 0 Å². The molecule has 15 heavy (non-hydrogen) atoms. The molecule has 1 heterocycles. The van der Waals surface area contributed by atoms with Crippen LogP contribution in [0.4, 0.5) is 8.78 Å². The van der Waals surface area contributed by atoms with Gasteiger partial charge in [-0.1, -0.05) is 0 Å². The molecule has 0 amide bonds. The van der Waals surface area contributed by atoms with E-state index in [0.717, 1.165) is 6.20 Å². The van der Waals surface area contributed by atoms with Gasteiger partial charge in [-0.05, 0) is 6.92 Å². The zero-order valence-electron chi connectivity index (χ0n) is 7.92. The minimum absolute atomic E-state index is 0.120. The lowest BCUT2D eigenvalue weighted by Crippen LogP contribution is -2.18. The van der Waals surface area contributed by atoms with Gasteiger partial charge in [0.15, 0.2) is 5.43 Å². The van der Waals surface area contributed by atoms with Crippen LogP contribution in [-0.4, -0.2) is 17.6 Å². The summed E-state index contributed by atoms with van der Waals surface area (Å²) in [6, 6.07) is 0.691. The Kier molecular flexibility index (Phi) is 3.54. The van der Waals surface area contributed by atoms with Crippen LogP contribution in [0.25, 0.3) is 0 Å². The van der Waals surface area contributed by atoms with Crippen molar-refractivity contribution < 1.29 is 18.3 Å². The van der Waals surface area contributed by atoms with Gasteiger partial charge in [-0.3, -0.25) is 4.79 Å². The van der Waals surface area contributed by atoms with Crippen LogP contribution in [0, 0.1) is 0 Å². The van der Waals surface area contributed by atoms with Gasteiger partial charge in [0.25, 0.3) is 6.43 Å². The number of hydrogen-bond donors (Lipinski definition) is 1. The largest absolute Gasteiger partial charge is 0.462 e. The van der Waals surface area contributed by atoms with Gasteiger partial charge in [0.2, 0.25) is 0 Å². The summed E-state index contributed by atoms with van der Waals surface area (Å²) < 4.78 is 28.8. The zero-order chi connectivity index (χ0) is 11.4. The van der Waals surface area contributed by atoms with Crippen molar-refractivity contribution in [1.29, 1.82) is 0 Å². The highest BCUT2D eigenvalue weighted by Crippen LogP contribution is 2.13. The third kappa shape index (κ3) is 2.61. The Hall–Kier alpha value is -1.72. The summed E-state index contributed by atoms with van der Waals surface area (Å²) in [4.78, 5) is 24.5. The molecule has 0 atom stereocenters. The minimum Gasteiger partial charge on any atom is -0.462 e. The molecule has 1 aromatic rings. The van der Waals surface area contributed by atoms with Crippen LogP contribution in [0.15, 0.2) is 17.1 Å². The molecule has 82 valence electrons. The molecule has 0 aliphatic carbocycles. The van der Waals surface area contributed by atoms with E-state index in [4.69, 9.17) is 0 Å². The molecule has 0 aromatic carbocycles. The monoisotopic (exact) mass is 217 g/mol. The molecule has 6 heteroatoms. The molecule has 0 bridgehead atoms. The van der Waals surface area contributed by atoms with Crippen molar-refractivity contribution in [3.8, 4) is 0 Å². The number of pyridine rings is 1. The fourth-order valence-electron chi connectivity index (χ4n) is 0.982. The van der Waals surface area contributed by atoms with E-state index in [1.807, 2.05) is 0 Å². The number of H-pyrrole nitrogens is 1. The van der Waals surface area contributed by atoms with Crippen molar-refractivity contribution in [2.45, 2.75) is 13.3 Å². The molecule has 1 rings (SSSR count). The van der Waals surface area contributed by atoms with Crippen LogP contribution in [0.5, 0.6) is 0 Å². The highest BCUT2D eigenvalue weighted by molar-refractivity contribution is 5.88. The minimum atomic E-state index is -2.77. The van der Waals surface area contributed by atoms with Crippen molar-refractivity contribution >= 4 is 5.97 Å². The highest BCUT2D eigenvalue weighted by atomic mass is 19.3. The SMILES string of the molecule is CCOC(=O)c1c[nH]c(C(F)F)cc1=O. The number of carbonyl (C=O) groups excluding carboxylic acids is 1. The number of ether oxygens (including phenoxy) is 1. The summed E-state index contributed by atoms with van der Waals surface area (Å²) >= 11 is 0. The van der Waals surface area contributed by atoms with Crippen LogP contribution >= 0.6 is 0 Å². The lowest BCUT2D eigenvalue weighted by Gasteiger charge is -2.02. The highest BCUT2D eigenvalue weighted by Gasteiger charge is 2.14. The molecular weight excluding hydrogens is 208 g/mol. The summed E-state index contributed by atoms with van der Waals surface area (Å²) in [6.07, 6.45) is -1.84. The van der Waals surface area contributed by atoms with Crippen LogP contribution in [0.1, 0.15) is 29.4 Å². The number of rotatable bonds is 3. The van der Waals surface area contributed by atoms with E-state index >= 15 is 0 Å². The number of carbonyl (C=O) groups is 1. The maximum atomic E-state index is 12.1. The molecule has 4 nitrogen and oxygen atoms in total. The first kappa shape index (κ1) is 11.4. The average Bonchev–Trinajstić information content (AvgIpc) is 2.17. The van der Waals surface area contributed by atoms with E-state index in [0.29, 0.717) is 6.07 Å². The quantitative estimate of drug-likeness (QED) is 0.780.